The number of hydrogen-bond donors (Lipinski definition) is 1. The first-order chi connectivity index (χ1) is 8.34. The molecule has 0 aliphatic heterocycles. The molecule has 0 bridgehead atoms. The normalized spacial score (nSPS) is 26.8. The SMILES string of the molecule is CCCC(N)CC(=O)C1CCCC(S(C)(=O)=O)C1. The van der Waals surface area contributed by atoms with E-state index in [2.05, 4.69) is 0 Å². The zero-order chi connectivity index (χ0) is 13.8. The Labute approximate surface area is 110 Å². The van der Waals surface area contributed by atoms with E-state index in [9.17, 15) is 13.2 Å². The molecule has 1 aliphatic carbocycles. The lowest BCUT2D eigenvalue weighted by Crippen LogP contribution is -2.33. The molecule has 3 atom stereocenters. The number of carbonyl (C=O) groups excluding carboxylic acids is 1. The summed E-state index contributed by atoms with van der Waals surface area (Å²) in [5.41, 5.74) is 5.87. The lowest BCUT2D eigenvalue weighted by Gasteiger charge is -2.27. The van der Waals surface area contributed by atoms with E-state index in [4.69, 9.17) is 5.73 Å². The van der Waals surface area contributed by atoms with Crippen LogP contribution in [0.25, 0.3) is 0 Å². The van der Waals surface area contributed by atoms with E-state index in [0.29, 0.717) is 19.3 Å². The fourth-order valence-corrected chi connectivity index (χ4v) is 3.90. The molecule has 1 rings (SSSR count). The zero-order valence-electron chi connectivity index (χ0n) is 11.4. The number of Topliss-reactive ketones (excluding diaryl/α,β-unsaturated/α-hetero) is 1. The Morgan fingerprint density at radius 1 is 1.39 bits per heavy atom. The van der Waals surface area contributed by atoms with E-state index in [-0.39, 0.29) is 23.0 Å². The minimum absolute atomic E-state index is 0.0684. The monoisotopic (exact) mass is 275 g/mol. The standard InChI is InChI=1S/C13H25NO3S/c1-3-5-11(14)9-13(15)10-6-4-7-12(8-10)18(2,16)17/h10-12H,3-9,14H2,1-2H3. The summed E-state index contributed by atoms with van der Waals surface area (Å²) in [7, 11) is -3.01. The highest BCUT2D eigenvalue weighted by atomic mass is 32.2. The molecule has 4 nitrogen and oxygen atoms in total. The number of sulfone groups is 1. The number of hydrogen-bond acceptors (Lipinski definition) is 4. The fraction of sp³-hybridized carbons (Fsp3) is 0.923. The second-order valence-corrected chi connectivity index (χ2v) is 7.86. The van der Waals surface area contributed by atoms with Crippen LogP contribution in [0.1, 0.15) is 51.9 Å². The molecule has 1 aliphatic rings. The predicted molar refractivity (Wildman–Crippen MR) is 73.1 cm³/mol. The third-order valence-electron chi connectivity index (χ3n) is 3.81. The third-order valence-corrected chi connectivity index (χ3v) is 5.45. The predicted octanol–water partition coefficient (Wildman–Crippen LogP) is 1.68. The molecule has 0 saturated heterocycles. The molecule has 1 fully saturated rings. The van der Waals surface area contributed by atoms with Gasteiger partial charge in [-0.2, -0.15) is 0 Å². The van der Waals surface area contributed by atoms with Crippen LogP contribution in [0.15, 0.2) is 0 Å². The fourth-order valence-electron chi connectivity index (χ4n) is 2.72. The molecule has 0 amide bonds. The Morgan fingerprint density at radius 2 is 2.06 bits per heavy atom. The highest BCUT2D eigenvalue weighted by molar-refractivity contribution is 7.91. The first-order valence-electron chi connectivity index (χ1n) is 6.81. The molecule has 106 valence electrons. The summed E-state index contributed by atoms with van der Waals surface area (Å²) in [6.45, 7) is 2.05. The van der Waals surface area contributed by atoms with Crippen molar-refractivity contribution in [3.8, 4) is 0 Å². The number of ketones is 1. The van der Waals surface area contributed by atoms with Gasteiger partial charge in [0.1, 0.15) is 15.6 Å². The van der Waals surface area contributed by atoms with E-state index in [1.165, 1.54) is 6.26 Å². The lowest BCUT2D eigenvalue weighted by atomic mass is 9.83. The average Bonchev–Trinajstić information content (AvgIpc) is 2.28. The van der Waals surface area contributed by atoms with Gasteiger partial charge < -0.3 is 5.73 Å². The molecular formula is C13H25NO3S. The second-order valence-electron chi connectivity index (χ2n) is 5.53. The summed E-state index contributed by atoms with van der Waals surface area (Å²) in [4.78, 5) is 12.1. The van der Waals surface area contributed by atoms with Crippen molar-refractivity contribution >= 4 is 15.6 Å². The quantitative estimate of drug-likeness (QED) is 0.800. The summed E-state index contributed by atoms with van der Waals surface area (Å²) >= 11 is 0. The van der Waals surface area contributed by atoms with Crippen molar-refractivity contribution in [1.82, 2.24) is 0 Å². The summed E-state index contributed by atoms with van der Waals surface area (Å²) in [6, 6.07) is -0.0684. The lowest BCUT2D eigenvalue weighted by molar-refractivity contribution is -0.124. The van der Waals surface area contributed by atoms with Crippen molar-refractivity contribution in [2.24, 2.45) is 11.7 Å². The molecule has 5 heteroatoms. The number of rotatable bonds is 6. The van der Waals surface area contributed by atoms with Crippen LogP contribution in [0, 0.1) is 5.92 Å². The molecule has 0 aromatic heterocycles. The minimum Gasteiger partial charge on any atom is -0.327 e. The highest BCUT2D eigenvalue weighted by Gasteiger charge is 2.32. The third kappa shape index (κ3) is 4.69. The maximum atomic E-state index is 12.1. The van der Waals surface area contributed by atoms with Gasteiger partial charge in [0.25, 0.3) is 0 Å². The van der Waals surface area contributed by atoms with Crippen LogP contribution < -0.4 is 5.73 Å². The smallest absolute Gasteiger partial charge is 0.150 e. The summed E-state index contributed by atoms with van der Waals surface area (Å²) < 4.78 is 23.1. The van der Waals surface area contributed by atoms with Gasteiger partial charge in [0.05, 0.1) is 5.25 Å². The first-order valence-corrected chi connectivity index (χ1v) is 8.77. The van der Waals surface area contributed by atoms with Gasteiger partial charge in [0.15, 0.2) is 0 Å². The number of nitrogens with two attached hydrogens (primary N) is 1. The van der Waals surface area contributed by atoms with Gasteiger partial charge in [-0.05, 0) is 25.7 Å². The minimum atomic E-state index is -3.01. The van der Waals surface area contributed by atoms with Gasteiger partial charge in [-0.25, -0.2) is 8.42 Å². The van der Waals surface area contributed by atoms with Crippen molar-refractivity contribution in [1.29, 1.82) is 0 Å². The maximum Gasteiger partial charge on any atom is 0.150 e. The summed E-state index contributed by atoms with van der Waals surface area (Å²) in [5.74, 6) is 0.0608. The van der Waals surface area contributed by atoms with Crippen LogP contribution in [0.4, 0.5) is 0 Å². The topological polar surface area (TPSA) is 77.2 Å². The van der Waals surface area contributed by atoms with Crippen molar-refractivity contribution in [2.75, 3.05) is 6.26 Å². The molecule has 3 unspecified atom stereocenters. The average molecular weight is 275 g/mol. The molecule has 0 aromatic rings. The van der Waals surface area contributed by atoms with Gasteiger partial charge >= 0.3 is 0 Å². The molecule has 2 N–H and O–H groups in total. The molecule has 1 saturated carbocycles. The van der Waals surface area contributed by atoms with E-state index in [0.717, 1.165) is 25.7 Å². The first kappa shape index (κ1) is 15.6. The largest absolute Gasteiger partial charge is 0.327 e. The molecular weight excluding hydrogens is 250 g/mol. The maximum absolute atomic E-state index is 12.1. The second kappa shape index (κ2) is 6.66. The van der Waals surface area contributed by atoms with E-state index < -0.39 is 9.84 Å². The van der Waals surface area contributed by atoms with Gasteiger partial charge in [-0.15, -0.1) is 0 Å². The van der Waals surface area contributed by atoms with Crippen molar-refractivity contribution < 1.29 is 13.2 Å². The molecule has 0 aromatic carbocycles. The highest BCUT2D eigenvalue weighted by Crippen LogP contribution is 2.30. The Balaban J connectivity index is 2.53. The van der Waals surface area contributed by atoms with Gasteiger partial charge in [0.2, 0.25) is 0 Å². The van der Waals surface area contributed by atoms with Crippen molar-refractivity contribution in [3.05, 3.63) is 0 Å². The van der Waals surface area contributed by atoms with Crippen LogP contribution in [0.5, 0.6) is 0 Å². The van der Waals surface area contributed by atoms with Crippen LogP contribution in [-0.4, -0.2) is 31.7 Å². The van der Waals surface area contributed by atoms with E-state index >= 15 is 0 Å². The molecule has 0 spiro atoms. The van der Waals surface area contributed by atoms with Gasteiger partial charge in [-0.1, -0.05) is 19.8 Å². The van der Waals surface area contributed by atoms with Gasteiger partial charge in [0, 0.05) is 24.6 Å². The van der Waals surface area contributed by atoms with Crippen LogP contribution in [0.2, 0.25) is 0 Å². The Bertz CT molecular complexity index is 378. The van der Waals surface area contributed by atoms with E-state index in [1.807, 2.05) is 6.92 Å². The van der Waals surface area contributed by atoms with E-state index in [1.54, 1.807) is 0 Å². The van der Waals surface area contributed by atoms with Crippen LogP contribution in [-0.2, 0) is 14.6 Å². The zero-order valence-corrected chi connectivity index (χ0v) is 12.2. The van der Waals surface area contributed by atoms with Crippen molar-refractivity contribution in [2.45, 2.75) is 63.2 Å². The Kier molecular flexibility index (Phi) is 5.79. The molecule has 0 heterocycles. The Morgan fingerprint density at radius 3 is 2.61 bits per heavy atom. The number of carbonyl (C=O) groups is 1. The van der Waals surface area contributed by atoms with Crippen LogP contribution in [0.3, 0.4) is 0 Å². The molecule has 0 radical (unpaired) electrons. The Hall–Kier alpha value is -0.420. The molecule has 18 heavy (non-hydrogen) atoms. The van der Waals surface area contributed by atoms with Crippen LogP contribution >= 0.6 is 0 Å². The summed E-state index contributed by atoms with van der Waals surface area (Å²) in [6.07, 6.45) is 6.35. The van der Waals surface area contributed by atoms with Crippen molar-refractivity contribution in [3.63, 3.8) is 0 Å². The summed E-state index contributed by atoms with van der Waals surface area (Å²) in [5, 5.41) is -0.331. The van der Waals surface area contributed by atoms with Gasteiger partial charge in [-0.3, -0.25) is 4.79 Å².